The maximum absolute atomic E-state index is 13.4. The first-order valence-corrected chi connectivity index (χ1v) is 9.52. The maximum Gasteiger partial charge on any atom is 0.326 e. The largest absolute Gasteiger partial charge is 0.508 e. The zero-order chi connectivity index (χ0) is 20.8. The van der Waals surface area contributed by atoms with Crippen LogP contribution in [0.5, 0.6) is 5.75 Å². The summed E-state index contributed by atoms with van der Waals surface area (Å²) in [6, 6.07) is 14.6. The zero-order valence-electron chi connectivity index (χ0n) is 16.2. The highest BCUT2D eigenvalue weighted by atomic mass is 16.5. The number of phenolic OH excluding ortho intramolecular Hbond substituents is 1. The molecule has 0 bridgehead atoms. The van der Waals surface area contributed by atoms with Crippen LogP contribution < -0.4 is 10.2 Å². The molecule has 0 unspecified atom stereocenters. The number of hydrogen-bond donors (Lipinski definition) is 2. The normalized spacial score (nSPS) is 28.5. The van der Waals surface area contributed by atoms with Gasteiger partial charge in [-0.1, -0.05) is 37.3 Å². The first kappa shape index (κ1) is 19.1. The minimum atomic E-state index is -1.31. The number of amides is 2. The third-order valence-corrected chi connectivity index (χ3v) is 6.03. The third kappa shape index (κ3) is 2.73. The molecule has 2 saturated heterocycles. The van der Waals surface area contributed by atoms with Crippen molar-refractivity contribution in [2.75, 3.05) is 12.0 Å². The molecular formula is C22H22N2O5. The summed E-state index contributed by atoms with van der Waals surface area (Å²) in [6.07, 6.45) is 0.289. The fourth-order valence-electron chi connectivity index (χ4n) is 4.64. The highest BCUT2D eigenvalue weighted by molar-refractivity contribution is 6.24. The summed E-state index contributed by atoms with van der Waals surface area (Å²) in [7, 11) is 1.28. The smallest absolute Gasteiger partial charge is 0.326 e. The Bertz CT molecular complexity index is 959. The van der Waals surface area contributed by atoms with Crippen molar-refractivity contribution in [1.29, 1.82) is 0 Å². The summed E-state index contributed by atoms with van der Waals surface area (Å²) < 4.78 is 5.04. The molecule has 0 saturated carbocycles. The van der Waals surface area contributed by atoms with Crippen molar-refractivity contribution >= 4 is 23.5 Å². The monoisotopic (exact) mass is 394 g/mol. The number of esters is 1. The van der Waals surface area contributed by atoms with E-state index >= 15 is 0 Å². The fraction of sp³-hybridized carbons (Fsp3) is 0.318. The van der Waals surface area contributed by atoms with E-state index in [1.54, 1.807) is 49.4 Å². The van der Waals surface area contributed by atoms with Crippen LogP contribution in [0.15, 0.2) is 54.6 Å². The van der Waals surface area contributed by atoms with Crippen LogP contribution in [0.25, 0.3) is 0 Å². The van der Waals surface area contributed by atoms with Crippen molar-refractivity contribution in [2.24, 2.45) is 11.8 Å². The van der Waals surface area contributed by atoms with Crippen LogP contribution in [0.1, 0.15) is 24.9 Å². The van der Waals surface area contributed by atoms with Gasteiger partial charge in [0.2, 0.25) is 11.8 Å². The molecule has 0 aromatic heterocycles. The number of hydrogen-bond acceptors (Lipinski definition) is 6. The van der Waals surface area contributed by atoms with E-state index in [-0.39, 0.29) is 18.1 Å². The Labute approximate surface area is 168 Å². The number of benzene rings is 2. The van der Waals surface area contributed by atoms with Crippen molar-refractivity contribution in [3.8, 4) is 5.75 Å². The molecule has 0 spiro atoms. The molecule has 2 heterocycles. The molecule has 150 valence electrons. The van der Waals surface area contributed by atoms with Gasteiger partial charge in [-0.3, -0.25) is 19.7 Å². The lowest BCUT2D eigenvalue weighted by Crippen LogP contribution is -2.55. The van der Waals surface area contributed by atoms with Crippen LogP contribution in [-0.4, -0.2) is 35.5 Å². The molecule has 0 aliphatic carbocycles. The molecule has 7 heteroatoms. The number of nitrogens with one attached hydrogen (secondary N) is 1. The minimum Gasteiger partial charge on any atom is -0.508 e. The number of ether oxygens (including phenoxy) is 1. The Morgan fingerprint density at radius 3 is 2.34 bits per heavy atom. The Morgan fingerprint density at radius 2 is 1.76 bits per heavy atom. The average Bonchev–Trinajstić information content (AvgIpc) is 3.23. The minimum absolute atomic E-state index is 0.0951. The maximum atomic E-state index is 13.4. The second-order valence-electron chi connectivity index (χ2n) is 7.38. The van der Waals surface area contributed by atoms with E-state index in [4.69, 9.17) is 4.74 Å². The van der Waals surface area contributed by atoms with Gasteiger partial charge in [-0.05, 0) is 36.2 Å². The number of methoxy groups -OCH3 is 1. The topological polar surface area (TPSA) is 95.9 Å². The van der Waals surface area contributed by atoms with E-state index in [2.05, 4.69) is 5.32 Å². The number of fused-ring (bicyclic) bond motifs is 1. The first-order chi connectivity index (χ1) is 13.9. The SMILES string of the molecule is CC[C@@]1(C(=O)OC)N[C@H](c2ccc(O)cc2)[C@@H]2C(=O)N(c3ccccc3)C(=O)[C@@H]21. The molecule has 7 nitrogen and oxygen atoms in total. The van der Waals surface area contributed by atoms with Crippen molar-refractivity contribution in [1.82, 2.24) is 5.32 Å². The molecule has 2 aliphatic heterocycles. The number of aromatic hydroxyl groups is 1. The van der Waals surface area contributed by atoms with Crippen LogP contribution in [0.2, 0.25) is 0 Å². The Hall–Kier alpha value is -3.19. The van der Waals surface area contributed by atoms with Crippen molar-refractivity contribution in [2.45, 2.75) is 24.9 Å². The predicted molar refractivity (Wildman–Crippen MR) is 105 cm³/mol. The van der Waals surface area contributed by atoms with Crippen LogP contribution in [0, 0.1) is 11.8 Å². The fourth-order valence-corrected chi connectivity index (χ4v) is 4.64. The molecule has 29 heavy (non-hydrogen) atoms. The number of carbonyl (C=O) groups is 3. The summed E-state index contributed by atoms with van der Waals surface area (Å²) >= 11 is 0. The molecule has 2 N–H and O–H groups in total. The van der Waals surface area contributed by atoms with Crippen LogP contribution in [-0.2, 0) is 19.1 Å². The van der Waals surface area contributed by atoms with Crippen LogP contribution in [0.3, 0.4) is 0 Å². The summed E-state index contributed by atoms with van der Waals surface area (Å²) in [5.41, 5.74) is -0.109. The molecule has 4 rings (SSSR count). The molecule has 2 aliphatic rings. The Kier molecular flexibility index (Phi) is 4.62. The van der Waals surface area contributed by atoms with Gasteiger partial charge in [-0.2, -0.15) is 0 Å². The second-order valence-corrected chi connectivity index (χ2v) is 7.38. The van der Waals surface area contributed by atoms with E-state index in [1.165, 1.54) is 24.1 Å². The summed E-state index contributed by atoms with van der Waals surface area (Å²) in [4.78, 5) is 40.9. The molecule has 2 aromatic carbocycles. The molecular weight excluding hydrogens is 372 g/mol. The molecule has 0 radical (unpaired) electrons. The number of carbonyl (C=O) groups excluding carboxylic acids is 3. The van der Waals surface area contributed by atoms with Crippen molar-refractivity contribution in [3.63, 3.8) is 0 Å². The Morgan fingerprint density at radius 1 is 1.10 bits per heavy atom. The summed E-state index contributed by atoms with van der Waals surface area (Å²) in [6.45, 7) is 1.79. The quantitative estimate of drug-likeness (QED) is 0.610. The van der Waals surface area contributed by atoms with Crippen molar-refractivity contribution < 1.29 is 24.2 Å². The van der Waals surface area contributed by atoms with Gasteiger partial charge in [0.15, 0.2) is 0 Å². The predicted octanol–water partition coefficient (Wildman–Crippen LogP) is 2.16. The van der Waals surface area contributed by atoms with Gasteiger partial charge in [0.25, 0.3) is 0 Å². The highest BCUT2D eigenvalue weighted by Crippen LogP contribution is 2.51. The van der Waals surface area contributed by atoms with Gasteiger partial charge >= 0.3 is 5.97 Å². The van der Waals surface area contributed by atoms with Gasteiger partial charge in [-0.15, -0.1) is 0 Å². The highest BCUT2D eigenvalue weighted by Gasteiger charge is 2.68. The number of rotatable bonds is 4. The van der Waals surface area contributed by atoms with Gasteiger partial charge in [0.05, 0.1) is 24.6 Å². The van der Waals surface area contributed by atoms with Gasteiger partial charge in [0, 0.05) is 6.04 Å². The number of anilines is 1. The number of phenols is 1. The van der Waals surface area contributed by atoms with Gasteiger partial charge in [-0.25, -0.2) is 4.90 Å². The van der Waals surface area contributed by atoms with E-state index in [0.717, 1.165) is 0 Å². The van der Waals surface area contributed by atoms with Crippen LogP contribution >= 0.6 is 0 Å². The van der Waals surface area contributed by atoms with E-state index in [9.17, 15) is 19.5 Å². The van der Waals surface area contributed by atoms with Crippen LogP contribution in [0.4, 0.5) is 5.69 Å². The first-order valence-electron chi connectivity index (χ1n) is 9.52. The number of para-hydroxylation sites is 1. The van der Waals surface area contributed by atoms with Crippen molar-refractivity contribution in [3.05, 3.63) is 60.2 Å². The number of imide groups is 1. The lowest BCUT2D eigenvalue weighted by molar-refractivity contribution is -0.152. The van der Waals surface area contributed by atoms with Gasteiger partial charge < -0.3 is 9.84 Å². The zero-order valence-corrected chi connectivity index (χ0v) is 16.2. The van der Waals surface area contributed by atoms with E-state index in [1.807, 2.05) is 0 Å². The summed E-state index contributed by atoms with van der Waals surface area (Å²) in [5.74, 6) is -2.87. The molecule has 4 atom stereocenters. The average molecular weight is 394 g/mol. The Balaban J connectivity index is 1.85. The van der Waals surface area contributed by atoms with E-state index < -0.39 is 35.3 Å². The standard InChI is InChI=1S/C22H22N2O5/c1-3-22(21(28)29-2)17-16(18(23-22)13-9-11-15(25)12-10-13)19(26)24(20(17)27)14-7-5-4-6-8-14/h4-12,16-18,23,25H,3H2,1-2H3/t16-,17-,18-,22-/m1/s1. The molecule has 2 amide bonds. The summed E-state index contributed by atoms with van der Waals surface area (Å²) in [5, 5.41) is 12.9. The lowest BCUT2D eigenvalue weighted by Gasteiger charge is -2.31. The molecule has 2 fully saturated rings. The van der Waals surface area contributed by atoms with Gasteiger partial charge in [0.1, 0.15) is 11.3 Å². The lowest BCUT2D eigenvalue weighted by atomic mass is 9.78. The van der Waals surface area contributed by atoms with E-state index in [0.29, 0.717) is 11.3 Å². The third-order valence-electron chi connectivity index (χ3n) is 6.03. The second kappa shape index (κ2) is 7.00. The number of nitrogens with zero attached hydrogens (tertiary/aromatic N) is 1. The molecule has 2 aromatic rings.